The third-order valence-electron chi connectivity index (χ3n) is 6.48. The average Bonchev–Trinajstić information content (AvgIpc) is 3.33. The second kappa shape index (κ2) is 9.41. The molecule has 1 aliphatic rings. The van der Waals surface area contributed by atoms with Crippen molar-refractivity contribution in [1.29, 1.82) is 0 Å². The number of nitrogens with zero attached hydrogens (tertiary/aromatic N) is 2. The Morgan fingerprint density at radius 2 is 1.53 bits per heavy atom. The fourth-order valence-corrected chi connectivity index (χ4v) is 6.05. The number of hydrogen-bond donors (Lipinski definition) is 1. The van der Waals surface area contributed by atoms with E-state index in [1.807, 2.05) is 12.1 Å². The molecule has 0 amide bonds. The van der Waals surface area contributed by atoms with Gasteiger partial charge in [0.05, 0.1) is 22.0 Å². The second-order valence-electron chi connectivity index (χ2n) is 8.92. The number of rotatable bonds is 4. The zero-order chi connectivity index (χ0) is 24.6. The lowest BCUT2D eigenvalue weighted by Gasteiger charge is -2.40. The molecule has 5 heteroatoms. The Morgan fingerprint density at radius 3 is 2.25 bits per heavy atom. The Morgan fingerprint density at radius 1 is 0.833 bits per heavy atom. The lowest BCUT2D eigenvalue weighted by atomic mass is 9.87. The van der Waals surface area contributed by atoms with Crippen LogP contribution in [-0.2, 0) is 0 Å². The standard InChI is InChI=1S/C31H24BrN3S/c1-20-11-13-22(14-12-20)29-25(21-7-3-2-4-8-21)19-26(33)30(35(29)24-17-15-23(32)16-18-24)31-34-27-9-5-6-10-28(27)36-31/h2-19,29H,33H2,1H3. The highest BCUT2D eigenvalue weighted by Crippen LogP contribution is 2.48. The summed E-state index contributed by atoms with van der Waals surface area (Å²) in [7, 11) is 0. The molecule has 4 aromatic carbocycles. The van der Waals surface area contributed by atoms with Gasteiger partial charge < -0.3 is 10.6 Å². The highest BCUT2D eigenvalue weighted by molar-refractivity contribution is 9.10. The number of hydrogen-bond acceptors (Lipinski definition) is 4. The van der Waals surface area contributed by atoms with E-state index >= 15 is 0 Å². The van der Waals surface area contributed by atoms with E-state index in [-0.39, 0.29) is 6.04 Å². The van der Waals surface area contributed by atoms with Crippen LogP contribution in [0, 0.1) is 6.92 Å². The van der Waals surface area contributed by atoms with Crippen LogP contribution in [0.1, 0.15) is 27.7 Å². The van der Waals surface area contributed by atoms with Crippen LogP contribution in [0.5, 0.6) is 0 Å². The molecule has 2 N–H and O–H groups in total. The zero-order valence-corrected chi connectivity index (χ0v) is 22.1. The van der Waals surface area contributed by atoms with Crippen LogP contribution in [0.25, 0.3) is 21.5 Å². The van der Waals surface area contributed by atoms with Crippen LogP contribution < -0.4 is 10.6 Å². The summed E-state index contributed by atoms with van der Waals surface area (Å²) in [5, 5.41) is 0.914. The fourth-order valence-electron chi connectivity index (χ4n) is 4.75. The number of halogens is 1. The van der Waals surface area contributed by atoms with Gasteiger partial charge in [-0.25, -0.2) is 4.98 Å². The van der Waals surface area contributed by atoms with Crippen LogP contribution in [0.15, 0.2) is 119 Å². The van der Waals surface area contributed by atoms with E-state index in [9.17, 15) is 0 Å². The van der Waals surface area contributed by atoms with Crippen molar-refractivity contribution < 1.29 is 0 Å². The molecule has 0 radical (unpaired) electrons. The molecule has 5 aromatic rings. The molecule has 0 saturated heterocycles. The Balaban J connectivity index is 1.64. The number of anilines is 1. The van der Waals surface area contributed by atoms with Gasteiger partial charge in [0, 0.05) is 10.2 Å². The topological polar surface area (TPSA) is 42.1 Å². The Kier molecular flexibility index (Phi) is 5.96. The highest BCUT2D eigenvalue weighted by atomic mass is 79.9. The van der Waals surface area contributed by atoms with Crippen LogP contribution in [0.3, 0.4) is 0 Å². The first-order valence-corrected chi connectivity index (χ1v) is 13.4. The number of aromatic nitrogens is 1. The predicted octanol–water partition coefficient (Wildman–Crippen LogP) is 8.34. The molecule has 0 aliphatic carbocycles. The number of thiazole rings is 1. The lowest BCUT2D eigenvalue weighted by Crippen LogP contribution is -2.33. The fraction of sp³-hybridized carbons (Fsp3) is 0.0645. The lowest BCUT2D eigenvalue weighted by molar-refractivity contribution is 0.857. The summed E-state index contributed by atoms with van der Waals surface area (Å²) in [6.45, 7) is 2.12. The van der Waals surface area contributed by atoms with Gasteiger partial charge in [0.1, 0.15) is 10.7 Å². The Labute approximate surface area is 223 Å². The molecular formula is C31H24BrN3S. The third kappa shape index (κ3) is 4.15. The van der Waals surface area contributed by atoms with E-state index in [2.05, 4.69) is 125 Å². The summed E-state index contributed by atoms with van der Waals surface area (Å²) in [4.78, 5) is 7.37. The number of nitrogens with two attached hydrogens (primary N) is 1. The monoisotopic (exact) mass is 549 g/mol. The molecule has 6 rings (SSSR count). The number of allylic oxidation sites excluding steroid dienone is 1. The van der Waals surface area contributed by atoms with Crippen LogP contribution in [-0.4, -0.2) is 4.98 Å². The Hall–Kier alpha value is -3.67. The van der Waals surface area contributed by atoms with Gasteiger partial charge in [0.2, 0.25) is 0 Å². The summed E-state index contributed by atoms with van der Waals surface area (Å²) in [5.74, 6) is 0. The van der Waals surface area contributed by atoms with Crippen molar-refractivity contribution in [2.24, 2.45) is 5.73 Å². The van der Waals surface area contributed by atoms with E-state index in [0.717, 1.165) is 42.2 Å². The number of aryl methyl sites for hydroxylation is 1. The van der Waals surface area contributed by atoms with E-state index in [1.54, 1.807) is 11.3 Å². The van der Waals surface area contributed by atoms with Crippen LogP contribution in [0.2, 0.25) is 0 Å². The van der Waals surface area contributed by atoms with Gasteiger partial charge in [-0.3, -0.25) is 0 Å². The van der Waals surface area contributed by atoms with Gasteiger partial charge in [-0.2, -0.15) is 0 Å². The van der Waals surface area contributed by atoms with Crippen molar-refractivity contribution in [1.82, 2.24) is 4.98 Å². The minimum absolute atomic E-state index is 0.0801. The number of fused-ring (bicyclic) bond motifs is 1. The van der Waals surface area contributed by atoms with Gasteiger partial charge in [-0.05, 0) is 66.1 Å². The van der Waals surface area contributed by atoms with Gasteiger partial charge in [0.25, 0.3) is 0 Å². The summed E-state index contributed by atoms with van der Waals surface area (Å²) >= 11 is 5.28. The van der Waals surface area contributed by atoms with E-state index in [1.165, 1.54) is 11.1 Å². The predicted molar refractivity (Wildman–Crippen MR) is 156 cm³/mol. The largest absolute Gasteiger partial charge is 0.397 e. The van der Waals surface area contributed by atoms with E-state index in [4.69, 9.17) is 10.7 Å². The smallest absolute Gasteiger partial charge is 0.143 e. The van der Waals surface area contributed by atoms with Crippen molar-refractivity contribution in [3.63, 3.8) is 0 Å². The average molecular weight is 551 g/mol. The number of para-hydroxylation sites is 1. The van der Waals surface area contributed by atoms with Crippen LogP contribution >= 0.6 is 27.3 Å². The van der Waals surface area contributed by atoms with E-state index in [0.29, 0.717) is 5.70 Å². The van der Waals surface area contributed by atoms with Crippen molar-refractivity contribution in [3.8, 4) is 0 Å². The third-order valence-corrected chi connectivity index (χ3v) is 8.05. The van der Waals surface area contributed by atoms with E-state index < -0.39 is 0 Å². The second-order valence-corrected chi connectivity index (χ2v) is 10.9. The molecule has 0 saturated carbocycles. The minimum Gasteiger partial charge on any atom is -0.397 e. The first-order chi connectivity index (χ1) is 17.6. The molecule has 2 heterocycles. The van der Waals surface area contributed by atoms with Crippen molar-refractivity contribution >= 4 is 54.4 Å². The molecule has 36 heavy (non-hydrogen) atoms. The maximum absolute atomic E-state index is 6.90. The van der Waals surface area contributed by atoms with Crippen molar-refractivity contribution in [2.45, 2.75) is 13.0 Å². The molecule has 0 fully saturated rings. The summed E-state index contributed by atoms with van der Waals surface area (Å²) < 4.78 is 2.18. The van der Waals surface area contributed by atoms with Gasteiger partial charge in [0.15, 0.2) is 0 Å². The van der Waals surface area contributed by atoms with Gasteiger partial charge in [-0.15, -0.1) is 11.3 Å². The van der Waals surface area contributed by atoms with Crippen LogP contribution in [0.4, 0.5) is 5.69 Å². The molecule has 176 valence electrons. The first kappa shape index (κ1) is 22.8. The SMILES string of the molecule is Cc1ccc(C2C(c3ccccc3)=CC(N)=C(c3nc4ccccc4s3)N2c2ccc(Br)cc2)cc1. The summed E-state index contributed by atoms with van der Waals surface area (Å²) in [6.07, 6.45) is 2.14. The summed E-state index contributed by atoms with van der Waals surface area (Å²) in [6, 6.07) is 35.9. The molecule has 1 aliphatic heterocycles. The number of benzene rings is 4. The minimum atomic E-state index is -0.0801. The summed E-state index contributed by atoms with van der Waals surface area (Å²) in [5.41, 5.74) is 15.3. The molecule has 0 spiro atoms. The molecule has 1 unspecified atom stereocenters. The van der Waals surface area contributed by atoms with Crippen molar-refractivity contribution in [3.05, 3.63) is 141 Å². The van der Waals surface area contributed by atoms with Gasteiger partial charge >= 0.3 is 0 Å². The molecule has 1 atom stereocenters. The quantitative estimate of drug-likeness (QED) is 0.245. The maximum Gasteiger partial charge on any atom is 0.143 e. The zero-order valence-electron chi connectivity index (χ0n) is 19.7. The van der Waals surface area contributed by atoms with Crippen molar-refractivity contribution in [2.75, 3.05) is 4.90 Å². The molecular weight excluding hydrogens is 526 g/mol. The molecule has 3 nitrogen and oxygen atoms in total. The highest BCUT2D eigenvalue weighted by Gasteiger charge is 2.35. The Bertz CT molecular complexity index is 1570. The normalized spacial score (nSPS) is 15.9. The molecule has 1 aromatic heterocycles. The maximum atomic E-state index is 6.90. The van der Waals surface area contributed by atoms with Gasteiger partial charge in [-0.1, -0.05) is 88.2 Å². The molecule has 0 bridgehead atoms. The first-order valence-electron chi connectivity index (χ1n) is 11.8.